The van der Waals surface area contributed by atoms with Gasteiger partial charge in [0.2, 0.25) is 10.0 Å². The molecule has 0 aliphatic heterocycles. The first-order chi connectivity index (χ1) is 8.25. The number of hydrogen-bond acceptors (Lipinski definition) is 4. The molecule has 0 bridgehead atoms. The van der Waals surface area contributed by atoms with Crippen LogP contribution in [0.15, 0.2) is 0 Å². The minimum atomic E-state index is -3.44. The normalized spacial score (nSPS) is 14.4. The summed E-state index contributed by atoms with van der Waals surface area (Å²) in [4.78, 5) is 0. The van der Waals surface area contributed by atoms with Crippen LogP contribution in [0.3, 0.4) is 0 Å². The Hall–Kier alpha value is -0.310. The number of halogens is 2. The summed E-state index contributed by atoms with van der Waals surface area (Å²) >= 11 is 0. The van der Waals surface area contributed by atoms with Gasteiger partial charge in [-0.1, -0.05) is 13.8 Å². The predicted molar refractivity (Wildman–Crippen MR) is 66.3 cm³/mol. The topological polar surface area (TPSA) is 67.4 Å². The lowest BCUT2D eigenvalue weighted by atomic mass is 10.3. The first-order valence-electron chi connectivity index (χ1n) is 5.83. The van der Waals surface area contributed by atoms with Crippen molar-refractivity contribution >= 4 is 10.0 Å². The molecule has 0 heterocycles. The van der Waals surface area contributed by atoms with Crippen LogP contribution in [-0.2, 0) is 14.8 Å². The van der Waals surface area contributed by atoms with Gasteiger partial charge in [0.05, 0.1) is 11.9 Å². The maximum absolute atomic E-state index is 11.7. The van der Waals surface area contributed by atoms with E-state index in [0.29, 0.717) is 6.54 Å². The summed E-state index contributed by atoms with van der Waals surface area (Å²) in [5.41, 5.74) is 0. The molecule has 0 aliphatic rings. The van der Waals surface area contributed by atoms with E-state index in [1.807, 2.05) is 13.8 Å². The molecule has 0 rings (SSSR count). The molecule has 8 heteroatoms. The van der Waals surface area contributed by atoms with Gasteiger partial charge in [-0.15, -0.1) is 0 Å². The first kappa shape index (κ1) is 17.7. The van der Waals surface area contributed by atoms with Crippen LogP contribution in [0.2, 0.25) is 0 Å². The van der Waals surface area contributed by atoms with Crippen molar-refractivity contribution < 1.29 is 21.9 Å². The largest absolute Gasteiger partial charge is 0.374 e. The van der Waals surface area contributed by atoms with Gasteiger partial charge in [-0.2, -0.15) is 0 Å². The highest BCUT2D eigenvalue weighted by Gasteiger charge is 2.19. The number of ether oxygens (including phenoxy) is 1. The summed E-state index contributed by atoms with van der Waals surface area (Å²) < 4.78 is 53.7. The van der Waals surface area contributed by atoms with Gasteiger partial charge in [-0.3, -0.25) is 0 Å². The Labute approximate surface area is 107 Å². The van der Waals surface area contributed by atoms with Gasteiger partial charge >= 0.3 is 0 Å². The third-order valence-corrected chi connectivity index (χ3v) is 3.97. The molecule has 0 fully saturated rings. The van der Waals surface area contributed by atoms with E-state index >= 15 is 0 Å². The maximum atomic E-state index is 11.7. The average molecular weight is 288 g/mol. The Morgan fingerprint density at radius 3 is 2.33 bits per heavy atom. The van der Waals surface area contributed by atoms with Crippen LogP contribution >= 0.6 is 0 Å². The van der Waals surface area contributed by atoms with Gasteiger partial charge in [0, 0.05) is 19.1 Å². The minimum Gasteiger partial charge on any atom is -0.374 e. The Balaban J connectivity index is 3.85. The molecular formula is C10H22F2N2O3S. The van der Waals surface area contributed by atoms with E-state index in [2.05, 4.69) is 14.8 Å². The smallest absolute Gasteiger partial charge is 0.261 e. The van der Waals surface area contributed by atoms with E-state index in [9.17, 15) is 17.2 Å². The van der Waals surface area contributed by atoms with Crippen molar-refractivity contribution in [1.82, 2.24) is 10.0 Å². The zero-order valence-corrected chi connectivity index (χ0v) is 11.8. The number of alkyl halides is 2. The van der Waals surface area contributed by atoms with E-state index in [-0.39, 0.29) is 19.2 Å². The van der Waals surface area contributed by atoms with Gasteiger partial charge in [-0.05, 0) is 6.92 Å². The summed E-state index contributed by atoms with van der Waals surface area (Å²) in [7, 11) is -3.44. The van der Waals surface area contributed by atoms with Gasteiger partial charge in [0.25, 0.3) is 6.43 Å². The molecule has 0 spiro atoms. The van der Waals surface area contributed by atoms with Crippen LogP contribution in [0.1, 0.15) is 20.8 Å². The molecule has 0 aromatic rings. The van der Waals surface area contributed by atoms with Crippen molar-refractivity contribution in [3.05, 3.63) is 0 Å². The summed E-state index contributed by atoms with van der Waals surface area (Å²) in [5, 5.41) is 2.43. The van der Waals surface area contributed by atoms with Crippen molar-refractivity contribution in [3.63, 3.8) is 0 Å². The van der Waals surface area contributed by atoms with Crippen LogP contribution in [0.25, 0.3) is 0 Å². The highest BCUT2D eigenvalue weighted by molar-refractivity contribution is 7.90. The van der Waals surface area contributed by atoms with E-state index in [1.54, 1.807) is 6.92 Å². The second-order valence-corrected chi connectivity index (χ2v) is 6.46. The lowest BCUT2D eigenvalue weighted by Crippen LogP contribution is -2.41. The van der Waals surface area contributed by atoms with Crippen molar-refractivity contribution in [2.45, 2.75) is 38.5 Å². The average Bonchev–Trinajstić information content (AvgIpc) is 2.24. The molecule has 0 aliphatic carbocycles. The molecule has 18 heavy (non-hydrogen) atoms. The molecule has 0 saturated carbocycles. The van der Waals surface area contributed by atoms with Crippen LogP contribution < -0.4 is 10.0 Å². The Bertz CT molecular complexity index is 310. The molecule has 0 aromatic heterocycles. The van der Waals surface area contributed by atoms with Crippen LogP contribution in [0, 0.1) is 0 Å². The quantitative estimate of drug-likeness (QED) is 0.577. The summed E-state index contributed by atoms with van der Waals surface area (Å²) in [6, 6.07) is 0.206. The Morgan fingerprint density at radius 1 is 1.22 bits per heavy atom. The molecule has 0 saturated heterocycles. The number of sulfonamides is 1. The van der Waals surface area contributed by atoms with E-state index in [1.165, 1.54) is 0 Å². The van der Waals surface area contributed by atoms with Gasteiger partial charge < -0.3 is 10.1 Å². The molecule has 5 nitrogen and oxygen atoms in total. The standard InChI is InChI=1S/C10H22F2N2O3S/c1-8(2)13-6-9(3)18(15,16)14-4-5-17-7-10(11)12/h8-10,13-14H,4-7H2,1-3H3. The zero-order valence-electron chi connectivity index (χ0n) is 10.9. The molecular weight excluding hydrogens is 266 g/mol. The Morgan fingerprint density at radius 2 is 1.83 bits per heavy atom. The summed E-state index contributed by atoms with van der Waals surface area (Å²) in [5.74, 6) is 0. The Kier molecular flexibility index (Phi) is 8.58. The monoisotopic (exact) mass is 288 g/mol. The molecule has 1 atom stereocenters. The molecule has 0 aromatic carbocycles. The fourth-order valence-electron chi connectivity index (χ4n) is 1.08. The minimum absolute atomic E-state index is 0.00106. The molecule has 2 N–H and O–H groups in total. The lowest BCUT2D eigenvalue weighted by Gasteiger charge is -2.16. The van der Waals surface area contributed by atoms with E-state index in [0.717, 1.165) is 0 Å². The number of rotatable bonds is 10. The second kappa shape index (κ2) is 8.73. The summed E-state index contributed by atoms with van der Waals surface area (Å²) in [6.07, 6.45) is -2.53. The highest BCUT2D eigenvalue weighted by Crippen LogP contribution is 1.97. The van der Waals surface area contributed by atoms with Crippen molar-refractivity contribution in [2.24, 2.45) is 0 Å². The maximum Gasteiger partial charge on any atom is 0.261 e. The van der Waals surface area contributed by atoms with Crippen molar-refractivity contribution in [2.75, 3.05) is 26.3 Å². The molecule has 0 amide bonds. The second-order valence-electron chi connectivity index (χ2n) is 4.28. The fraction of sp³-hybridized carbons (Fsp3) is 1.00. The van der Waals surface area contributed by atoms with E-state index in [4.69, 9.17) is 0 Å². The molecule has 1 unspecified atom stereocenters. The third-order valence-electron chi connectivity index (χ3n) is 2.14. The molecule has 0 radical (unpaired) electrons. The fourth-order valence-corrected chi connectivity index (χ4v) is 2.05. The van der Waals surface area contributed by atoms with Gasteiger partial charge in [-0.25, -0.2) is 21.9 Å². The number of hydrogen-bond donors (Lipinski definition) is 2. The van der Waals surface area contributed by atoms with Crippen molar-refractivity contribution in [3.8, 4) is 0 Å². The number of nitrogens with one attached hydrogen (secondary N) is 2. The van der Waals surface area contributed by atoms with Crippen LogP contribution in [0.4, 0.5) is 8.78 Å². The van der Waals surface area contributed by atoms with Crippen molar-refractivity contribution in [1.29, 1.82) is 0 Å². The van der Waals surface area contributed by atoms with Gasteiger partial charge in [0.1, 0.15) is 6.61 Å². The molecule has 110 valence electrons. The predicted octanol–water partition coefficient (Wildman–Crippen LogP) is 0.574. The zero-order chi connectivity index (χ0) is 14.2. The van der Waals surface area contributed by atoms with Gasteiger partial charge in [0.15, 0.2) is 0 Å². The van der Waals surface area contributed by atoms with Crippen LogP contribution in [-0.4, -0.2) is 52.4 Å². The van der Waals surface area contributed by atoms with Crippen LogP contribution in [0.5, 0.6) is 0 Å². The van der Waals surface area contributed by atoms with E-state index < -0.39 is 28.3 Å². The highest BCUT2D eigenvalue weighted by atomic mass is 32.2. The third kappa shape index (κ3) is 8.73. The summed E-state index contributed by atoms with van der Waals surface area (Å²) in [6.45, 7) is 5.03. The SMILES string of the molecule is CC(C)NCC(C)S(=O)(=O)NCCOCC(F)F. The lowest BCUT2D eigenvalue weighted by molar-refractivity contribution is 0.0199. The first-order valence-corrected chi connectivity index (χ1v) is 7.38.